The van der Waals surface area contributed by atoms with Gasteiger partial charge in [-0.2, -0.15) is 0 Å². The molecule has 0 spiro atoms. The molecule has 0 saturated heterocycles. The zero-order valence-electron chi connectivity index (χ0n) is 16.1. The molecule has 5 aromatic carbocycles. The minimum atomic E-state index is 0.559. The first-order valence-corrected chi connectivity index (χ1v) is 9.92. The van der Waals surface area contributed by atoms with E-state index in [4.69, 9.17) is 6.57 Å². The number of rotatable bonds is 2. The fourth-order valence-electron chi connectivity index (χ4n) is 4.48. The Kier molecular flexibility index (Phi) is 3.57. The van der Waals surface area contributed by atoms with Crippen LogP contribution >= 0.6 is 0 Å². The highest BCUT2D eigenvalue weighted by Crippen LogP contribution is 2.39. The van der Waals surface area contributed by atoms with Gasteiger partial charge in [-0.25, -0.2) is 4.85 Å². The molecule has 30 heavy (non-hydrogen) atoms. The van der Waals surface area contributed by atoms with E-state index in [0.717, 1.165) is 11.1 Å². The third-order valence-electron chi connectivity index (χ3n) is 5.91. The molecule has 0 bridgehead atoms. The molecule has 0 amide bonds. The second-order valence-corrected chi connectivity index (χ2v) is 7.59. The van der Waals surface area contributed by atoms with Crippen LogP contribution in [0.4, 0.5) is 5.69 Å². The number of aromatic nitrogens is 1. The predicted octanol–water partition coefficient (Wildman–Crippen LogP) is 7.86. The lowest BCUT2D eigenvalue weighted by atomic mass is 9.89. The molecule has 138 valence electrons. The molecule has 2 heteroatoms. The van der Waals surface area contributed by atoms with Crippen molar-refractivity contribution in [2.24, 2.45) is 0 Å². The van der Waals surface area contributed by atoms with Crippen LogP contribution in [0.15, 0.2) is 97.3 Å². The zero-order chi connectivity index (χ0) is 20.1. The van der Waals surface area contributed by atoms with Crippen LogP contribution < -0.4 is 0 Å². The molecule has 0 fully saturated rings. The highest BCUT2D eigenvalue weighted by atomic mass is 14.7. The molecule has 1 aromatic heterocycles. The monoisotopic (exact) mass is 380 g/mol. The van der Waals surface area contributed by atoms with Gasteiger partial charge in [0, 0.05) is 12.4 Å². The Morgan fingerprint density at radius 1 is 0.600 bits per heavy atom. The molecule has 0 saturated carbocycles. The van der Waals surface area contributed by atoms with Crippen LogP contribution in [0.25, 0.3) is 59.4 Å². The van der Waals surface area contributed by atoms with E-state index in [0.29, 0.717) is 5.69 Å². The molecule has 6 aromatic rings. The summed E-state index contributed by atoms with van der Waals surface area (Å²) in [6, 6.07) is 30.3. The van der Waals surface area contributed by atoms with Gasteiger partial charge in [0.2, 0.25) is 5.69 Å². The SMILES string of the molecule is [C-]#[N+]c1cncc(-c2ccc(-c3ccc4ccc5cccc6ccc3c4c56)cc2)c1. The van der Waals surface area contributed by atoms with Gasteiger partial charge in [0.15, 0.2) is 0 Å². The predicted molar refractivity (Wildman–Crippen MR) is 125 cm³/mol. The van der Waals surface area contributed by atoms with Gasteiger partial charge < -0.3 is 0 Å². The van der Waals surface area contributed by atoms with Crippen molar-refractivity contribution < 1.29 is 0 Å². The molecule has 0 aliphatic carbocycles. The van der Waals surface area contributed by atoms with Gasteiger partial charge in [-0.05, 0) is 60.6 Å². The Balaban J connectivity index is 1.53. The summed E-state index contributed by atoms with van der Waals surface area (Å²) in [5.74, 6) is 0. The largest absolute Gasteiger partial charge is 0.276 e. The van der Waals surface area contributed by atoms with Crippen molar-refractivity contribution in [2.75, 3.05) is 0 Å². The lowest BCUT2D eigenvalue weighted by Crippen LogP contribution is -1.87. The molecular weight excluding hydrogens is 364 g/mol. The van der Waals surface area contributed by atoms with E-state index in [9.17, 15) is 0 Å². The van der Waals surface area contributed by atoms with Crippen LogP contribution in [-0.4, -0.2) is 4.98 Å². The summed E-state index contributed by atoms with van der Waals surface area (Å²) in [6.07, 6.45) is 3.40. The molecular formula is C28H16N2. The van der Waals surface area contributed by atoms with Crippen molar-refractivity contribution in [3.05, 3.63) is 109 Å². The summed E-state index contributed by atoms with van der Waals surface area (Å²) < 4.78 is 0. The molecule has 1 heterocycles. The Hall–Kier alpha value is -4.22. The van der Waals surface area contributed by atoms with E-state index in [1.54, 1.807) is 12.4 Å². The van der Waals surface area contributed by atoms with E-state index < -0.39 is 0 Å². The van der Waals surface area contributed by atoms with Gasteiger partial charge in [0.05, 0.1) is 6.57 Å². The van der Waals surface area contributed by atoms with Gasteiger partial charge >= 0.3 is 0 Å². The van der Waals surface area contributed by atoms with E-state index >= 15 is 0 Å². The fourth-order valence-corrected chi connectivity index (χ4v) is 4.48. The van der Waals surface area contributed by atoms with Crippen LogP contribution in [0.3, 0.4) is 0 Å². The van der Waals surface area contributed by atoms with Crippen molar-refractivity contribution in [3.8, 4) is 22.3 Å². The molecule has 6 rings (SSSR count). The van der Waals surface area contributed by atoms with Crippen LogP contribution in [0, 0.1) is 6.57 Å². The van der Waals surface area contributed by atoms with E-state index in [1.807, 2.05) is 6.07 Å². The van der Waals surface area contributed by atoms with E-state index in [2.05, 4.69) is 88.7 Å². The zero-order valence-corrected chi connectivity index (χ0v) is 16.1. The number of benzene rings is 5. The van der Waals surface area contributed by atoms with Crippen LogP contribution in [-0.2, 0) is 0 Å². The van der Waals surface area contributed by atoms with Crippen molar-refractivity contribution in [1.82, 2.24) is 4.98 Å². The summed E-state index contributed by atoms with van der Waals surface area (Å²) in [7, 11) is 0. The van der Waals surface area contributed by atoms with Crippen LogP contribution in [0.1, 0.15) is 0 Å². The average Bonchev–Trinajstić information content (AvgIpc) is 2.82. The van der Waals surface area contributed by atoms with Gasteiger partial charge in [-0.3, -0.25) is 4.98 Å². The molecule has 0 N–H and O–H groups in total. The number of hydrogen-bond donors (Lipinski definition) is 0. The third-order valence-corrected chi connectivity index (χ3v) is 5.91. The second-order valence-electron chi connectivity index (χ2n) is 7.59. The second kappa shape index (κ2) is 6.40. The highest BCUT2D eigenvalue weighted by molar-refractivity contribution is 6.25. The summed E-state index contributed by atoms with van der Waals surface area (Å²) >= 11 is 0. The van der Waals surface area contributed by atoms with Crippen LogP contribution in [0.5, 0.6) is 0 Å². The topological polar surface area (TPSA) is 17.2 Å². The number of pyridine rings is 1. The van der Waals surface area contributed by atoms with Gasteiger partial charge in [-0.15, -0.1) is 0 Å². The molecule has 0 atom stereocenters. The molecule has 2 nitrogen and oxygen atoms in total. The first-order chi connectivity index (χ1) is 14.8. The summed E-state index contributed by atoms with van der Waals surface area (Å²) in [5.41, 5.74) is 5.01. The minimum absolute atomic E-state index is 0.559. The van der Waals surface area contributed by atoms with Crippen molar-refractivity contribution >= 4 is 38.0 Å². The Morgan fingerprint density at radius 2 is 1.27 bits per heavy atom. The van der Waals surface area contributed by atoms with Gasteiger partial charge in [-0.1, -0.05) is 78.9 Å². The standard InChI is InChI=1S/C28H16N2/c1-29-24-15-23(16-30-17-24)18-5-7-19(8-6-18)25-13-11-22-10-9-20-3-2-4-21-12-14-26(25)28(22)27(20)21/h2-17H. The average molecular weight is 380 g/mol. The van der Waals surface area contributed by atoms with Gasteiger partial charge in [0.25, 0.3) is 0 Å². The summed E-state index contributed by atoms with van der Waals surface area (Å²) in [5, 5.41) is 7.79. The Morgan fingerprint density at radius 3 is 2.03 bits per heavy atom. The van der Waals surface area contributed by atoms with E-state index in [1.165, 1.54) is 43.4 Å². The van der Waals surface area contributed by atoms with Crippen molar-refractivity contribution in [3.63, 3.8) is 0 Å². The maximum atomic E-state index is 7.20. The lowest BCUT2D eigenvalue weighted by Gasteiger charge is -2.14. The first-order valence-electron chi connectivity index (χ1n) is 9.92. The van der Waals surface area contributed by atoms with Crippen molar-refractivity contribution in [1.29, 1.82) is 0 Å². The molecule has 0 radical (unpaired) electrons. The molecule has 0 aliphatic rings. The summed E-state index contributed by atoms with van der Waals surface area (Å²) in [4.78, 5) is 7.67. The number of nitrogens with zero attached hydrogens (tertiary/aromatic N) is 2. The Labute approximate surface area is 174 Å². The highest BCUT2D eigenvalue weighted by Gasteiger charge is 2.12. The minimum Gasteiger partial charge on any atom is -0.276 e. The fraction of sp³-hybridized carbons (Fsp3) is 0. The molecule has 0 unspecified atom stereocenters. The first kappa shape index (κ1) is 16.7. The maximum absolute atomic E-state index is 7.20. The summed E-state index contributed by atoms with van der Waals surface area (Å²) in [6.45, 7) is 7.20. The van der Waals surface area contributed by atoms with Gasteiger partial charge in [0.1, 0.15) is 0 Å². The Bertz CT molecular complexity index is 1570. The molecule has 0 aliphatic heterocycles. The quantitative estimate of drug-likeness (QED) is 0.221. The van der Waals surface area contributed by atoms with E-state index in [-0.39, 0.29) is 0 Å². The third kappa shape index (κ3) is 2.46. The smallest absolute Gasteiger partial charge is 0.205 e. The number of hydrogen-bond acceptors (Lipinski definition) is 1. The van der Waals surface area contributed by atoms with Crippen LogP contribution in [0.2, 0.25) is 0 Å². The maximum Gasteiger partial charge on any atom is 0.205 e. The lowest BCUT2D eigenvalue weighted by molar-refractivity contribution is 1.34. The van der Waals surface area contributed by atoms with Crippen molar-refractivity contribution in [2.45, 2.75) is 0 Å². The normalized spacial score (nSPS) is 11.3.